The van der Waals surface area contributed by atoms with Crippen LogP contribution in [0.15, 0.2) is 0 Å². The first-order valence-corrected chi connectivity index (χ1v) is 6.34. The van der Waals surface area contributed by atoms with Crippen LogP contribution < -0.4 is 0 Å². The number of ether oxygens (including phenoxy) is 2. The molecule has 0 saturated heterocycles. The second-order valence-corrected chi connectivity index (χ2v) is 4.89. The lowest BCUT2D eigenvalue weighted by atomic mass is 10.3. The summed E-state index contributed by atoms with van der Waals surface area (Å²) in [4.78, 5) is 21.6. The number of alkyl halides is 4. The number of carbonyl (C=O) groups excluding carboxylic acids is 2. The third-order valence-corrected chi connectivity index (χ3v) is 2.55. The summed E-state index contributed by atoms with van der Waals surface area (Å²) in [5.41, 5.74) is 0. The quantitative estimate of drug-likeness (QED) is 0.395. The van der Waals surface area contributed by atoms with Gasteiger partial charge in [0.2, 0.25) is 0 Å². The minimum absolute atomic E-state index is 0.705. The molecule has 0 bridgehead atoms. The van der Waals surface area contributed by atoms with Gasteiger partial charge in [-0.15, -0.1) is 0 Å². The minimum atomic E-state index is -5.73. The van der Waals surface area contributed by atoms with Crippen molar-refractivity contribution < 1.29 is 49.6 Å². The first-order chi connectivity index (χ1) is 8.95. The van der Waals surface area contributed by atoms with Crippen LogP contribution in [-0.4, -0.2) is 49.8 Å². The molecular weight excluding hydrogens is 316 g/mol. The molecule has 0 aliphatic rings. The van der Waals surface area contributed by atoms with E-state index in [2.05, 4.69) is 9.47 Å². The molecule has 0 spiro atoms. The van der Waals surface area contributed by atoms with E-state index in [4.69, 9.17) is 4.55 Å². The molecular formula is C8H10F4O7S. The van der Waals surface area contributed by atoms with Crippen LogP contribution in [0.25, 0.3) is 0 Å². The molecule has 0 unspecified atom stereocenters. The summed E-state index contributed by atoms with van der Waals surface area (Å²) in [5, 5.41) is -4.68. The summed E-state index contributed by atoms with van der Waals surface area (Å²) in [6.07, 6.45) is -4.37. The number of carbonyl (C=O) groups is 2. The van der Waals surface area contributed by atoms with E-state index in [0.29, 0.717) is 0 Å². The average molecular weight is 326 g/mol. The summed E-state index contributed by atoms with van der Waals surface area (Å²) in [5.74, 6) is -2.56. The third-order valence-electron chi connectivity index (χ3n) is 1.68. The van der Waals surface area contributed by atoms with E-state index in [9.17, 15) is 35.6 Å². The molecule has 0 heterocycles. The number of esters is 2. The highest BCUT2D eigenvalue weighted by Gasteiger charge is 2.45. The molecule has 1 N–H and O–H groups in total. The predicted molar refractivity (Wildman–Crippen MR) is 53.7 cm³/mol. The monoisotopic (exact) mass is 326 g/mol. The Morgan fingerprint density at radius 2 is 1.55 bits per heavy atom. The summed E-state index contributed by atoms with van der Waals surface area (Å²) >= 11 is 0. The number of hydrogen-bond acceptors (Lipinski definition) is 6. The number of hydrogen-bond donors (Lipinski definition) is 1. The Morgan fingerprint density at radius 3 is 1.95 bits per heavy atom. The Labute approximate surface area is 110 Å². The number of rotatable bonds is 8. The van der Waals surface area contributed by atoms with E-state index >= 15 is 0 Å². The highest BCUT2D eigenvalue weighted by molar-refractivity contribution is 7.86. The van der Waals surface area contributed by atoms with Crippen LogP contribution in [0.2, 0.25) is 0 Å². The Hall–Kier alpha value is -1.43. The summed E-state index contributed by atoms with van der Waals surface area (Å²) in [7, 11) is -5.73. The fraction of sp³-hybridized carbons (Fsp3) is 0.750. The molecule has 0 aromatic heterocycles. The minimum Gasteiger partial charge on any atom is -0.460 e. The Bertz CT molecular complexity index is 448. The van der Waals surface area contributed by atoms with Crippen molar-refractivity contribution in [1.29, 1.82) is 0 Å². The molecule has 0 amide bonds. The van der Waals surface area contributed by atoms with Gasteiger partial charge in [0, 0.05) is 0 Å². The molecule has 0 aromatic carbocycles. The van der Waals surface area contributed by atoms with Crippen LogP contribution in [0.3, 0.4) is 0 Å². The lowest BCUT2D eigenvalue weighted by molar-refractivity contribution is -0.155. The maximum absolute atomic E-state index is 12.6. The average Bonchev–Trinajstić information content (AvgIpc) is 2.29. The zero-order valence-corrected chi connectivity index (χ0v) is 10.5. The van der Waals surface area contributed by atoms with Crippen LogP contribution in [0.4, 0.5) is 17.6 Å². The lowest BCUT2D eigenvalue weighted by Crippen LogP contribution is -2.34. The van der Waals surface area contributed by atoms with Crippen LogP contribution >= 0.6 is 0 Å². The molecule has 0 radical (unpaired) electrons. The molecule has 118 valence electrons. The van der Waals surface area contributed by atoms with Gasteiger partial charge >= 0.3 is 27.3 Å². The van der Waals surface area contributed by atoms with E-state index in [0.717, 1.165) is 0 Å². The molecule has 0 rings (SSSR count). The molecule has 20 heavy (non-hydrogen) atoms. The van der Waals surface area contributed by atoms with Gasteiger partial charge in [0.25, 0.3) is 6.43 Å². The van der Waals surface area contributed by atoms with E-state index < -0.39 is 59.8 Å². The normalized spacial score (nSPS) is 12.3. The van der Waals surface area contributed by atoms with Crippen molar-refractivity contribution >= 4 is 22.1 Å². The lowest BCUT2D eigenvalue weighted by Gasteiger charge is -2.12. The summed E-state index contributed by atoms with van der Waals surface area (Å²) < 4.78 is 84.7. The highest BCUT2D eigenvalue weighted by atomic mass is 32.2. The van der Waals surface area contributed by atoms with Gasteiger partial charge in [-0.2, -0.15) is 17.2 Å². The van der Waals surface area contributed by atoms with Gasteiger partial charge in [-0.1, -0.05) is 0 Å². The van der Waals surface area contributed by atoms with Crippen molar-refractivity contribution in [2.24, 2.45) is 0 Å². The van der Waals surface area contributed by atoms with Crippen molar-refractivity contribution in [2.75, 3.05) is 13.2 Å². The molecule has 0 atom stereocenters. The topological polar surface area (TPSA) is 107 Å². The zero-order chi connectivity index (χ0) is 16.0. The third kappa shape index (κ3) is 7.23. The van der Waals surface area contributed by atoms with E-state index in [1.807, 2.05) is 0 Å². The molecule has 0 fully saturated rings. The van der Waals surface area contributed by atoms with Gasteiger partial charge in [0.15, 0.2) is 13.2 Å². The Balaban J connectivity index is 4.05. The molecule has 0 saturated carbocycles. The van der Waals surface area contributed by atoms with E-state index in [-0.39, 0.29) is 0 Å². The Kier molecular flexibility index (Phi) is 6.85. The molecule has 0 aliphatic heterocycles. The number of halogens is 4. The zero-order valence-electron chi connectivity index (χ0n) is 9.72. The fourth-order valence-corrected chi connectivity index (χ4v) is 0.951. The van der Waals surface area contributed by atoms with Crippen molar-refractivity contribution in [1.82, 2.24) is 0 Å². The van der Waals surface area contributed by atoms with Gasteiger partial charge in [0.1, 0.15) is 0 Å². The van der Waals surface area contributed by atoms with Crippen LogP contribution in [0, 0.1) is 0 Å². The predicted octanol–water partition coefficient (Wildman–Crippen LogP) is 0.599. The SMILES string of the molecule is O=C(CCC(=O)OCC(F)(F)S(=O)(=O)O)OCC(F)F. The van der Waals surface area contributed by atoms with Crippen LogP contribution in [-0.2, 0) is 29.2 Å². The molecule has 0 aromatic rings. The van der Waals surface area contributed by atoms with E-state index in [1.165, 1.54) is 0 Å². The molecule has 0 aliphatic carbocycles. The van der Waals surface area contributed by atoms with Crippen molar-refractivity contribution in [3.05, 3.63) is 0 Å². The van der Waals surface area contributed by atoms with Gasteiger partial charge in [-0.05, 0) is 0 Å². The van der Waals surface area contributed by atoms with Gasteiger partial charge in [0.05, 0.1) is 12.8 Å². The smallest absolute Gasteiger partial charge is 0.402 e. The summed E-state index contributed by atoms with van der Waals surface area (Å²) in [6, 6.07) is 0. The summed E-state index contributed by atoms with van der Waals surface area (Å²) in [6.45, 7) is -3.11. The van der Waals surface area contributed by atoms with Crippen molar-refractivity contribution in [3.8, 4) is 0 Å². The highest BCUT2D eigenvalue weighted by Crippen LogP contribution is 2.20. The largest absolute Gasteiger partial charge is 0.460 e. The second-order valence-electron chi connectivity index (χ2n) is 3.35. The van der Waals surface area contributed by atoms with E-state index in [1.54, 1.807) is 0 Å². The van der Waals surface area contributed by atoms with Gasteiger partial charge in [-0.25, -0.2) is 8.78 Å². The standard InChI is InChI=1S/C8H10F4O7S/c9-5(10)3-18-6(13)1-2-7(14)19-4-8(11,12)20(15,16)17/h5H,1-4H2,(H,15,16,17). The van der Waals surface area contributed by atoms with Crippen LogP contribution in [0.5, 0.6) is 0 Å². The maximum atomic E-state index is 12.6. The van der Waals surface area contributed by atoms with Gasteiger partial charge < -0.3 is 9.47 Å². The molecule has 12 heteroatoms. The first kappa shape index (κ1) is 18.6. The van der Waals surface area contributed by atoms with Crippen LogP contribution in [0.1, 0.15) is 12.8 Å². The second kappa shape index (κ2) is 7.38. The first-order valence-electron chi connectivity index (χ1n) is 4.90. The fourth-order valence-electron chi connectivity index (χ4n) is 0.743. The maximum Gasteiger partial charge on any atom is 0.402 e. The van der Waals surface area contributed by atoms with Crippen molar-refractivity contribution in [2.45, 2.75) is 24.5 Å². The van der Waals surface area contributed by atoms with Crippen molar-refractivity contribution in [3.63, 3.8) is 0 Å². The van der Waals surface area contributed by atoms with Gasteiger partial charge in [-0.3, -0.25) is 14.1 Å². The Morgan fingerprint density at radius 1 is 1.10 bits per heavy atom. The molecule has 7 nitrogen and oxygen atoms in total.